The van der Waals surface area contributed by atoms with Gasteiger partial charge in [-0.05, 0) is 18.9 Å². The molecule has 1 saturated heterocycles. The van der Waals surface area contributed by atoms with E-state index in [1.807, 2.05) is 0 Å². The lowest BCUT2D eigenvalue weighted by Gasteiger charge is -2.22. The zero-order chi connectivity index (χ0) is 15.1. The van der Waals surface area contributed by atoms with Crippen molar-refractivity contribution in [3.8, 4) is 11.8 Å². The maximum absolute atomic E-state index is 12.3. The van der Waals surface area contributed by atoms with E-state index in [1.54, 1.807) is 6.07 Å². The molecule has 1 atom stereocenters. The summed E-state index contributed by atoms with van der Waals surface area (Å²) in [7, 11) is 0. The summed E-state index contributed by atoms with van der Waals surface area (Å²) in [4.78, 5) is 27.9. The minimum Gasteiger partial charge on any atom is -0.395 e. The molecular weight excluding hydrogens is 270 g/mol. The summed E-state index contributed by atoms with van der Waals surface area (Å²) >= 11 is 0. The fraction of sp³-hybridized carbons (Fsp3) is 0.400. The lowest BCUT2D eigenvalue weighted by molar-refractivity contribution is -0.124. The second-order valence-electron chi connectivity index (χ2n) is 4.66. The van der Waals surface area contributed by atoms with Crippen LogP contribution in [0.3, 0.4) is 0 Å². The van der Waals surface area contributed by atoms with Crippen molar-refractivity contribution in [3.05, 3.63) is 29.6 Å². The van der Waals surface area contributed by atoms with Crippen LogP contribution in [0.15, 0.2) is 18.5 Å². The van der Waals surface area contributed by atoms with Crippen molar-refractivity contribution in [2.75, 3.05) is 13.2 Å². The van der Waals surface area contributed by atoms with Crippen LogP contribution in [0.2, 0.25) is 0 Å². The third-order valence-electron chi connectivity index (χ3n) is 3.12. The van der Waals surface area contributed by atoms with Gasteiger partial charge in [0.05, 0.1) is 17.7 Å². The van der Waals surface area contributed by atoms with Gasteiger partial charge in [-0.3, -0.25) is 14.6 Å². The summed E-state index contributed by atoms with van der Waals surface area (Å²) in [6.45, 7) is 0.620. The van der Waals surface area contributed by atoms with Gasteiger partial charge in [-0.2, -0.15) is 0 Å². The summed E-state index contributed by atoms with van der Waals surface area (Å²) in [5, 5.41) is 14.2. The molecule has 6 heteroatoms. The summed E-state index contributed by atoms with van der Waals surface area (Å²) in [5.74, 6) is 5.07. The Morgan fingerprint density at radius 2 is 2.43 bits per heavy atom. The highest BCUT2D eigenvalue weighted by Gasteiger charge is 2.24. The zero-order valence-electron chi connectivity index (χ0n) is 11.6. The largest absolute Gasteiger partial charge is 0.395 e. The van der Waals surface area contributed by atoms with Crippen molar-refractivity contribution < 1.29 is 14.7 Å². The van der Waals surface area contributed by atoms with Crippen LogP contribution in [-0.2, 0) is 4.79 Å². The molecule has 0 saturated carbocycles. The van der Waals surface area contributed by atoms with Gasteiger partial charge in [-0.1, -0.05) is 11.8 Å². The van der Waals surface area contributed by atoms with Gasteiger partial charge in [-0.15, -0.1) is 0 Å². The molecule has 1 unspecified atom stereocenters. The van der Waals surface area contributed by atoms with E-state index in [0.29, 0.717) is 30.5 Å². The van der Waals surface area contributed by atoms with Crippen molar-refractivity contribution in [2.24, 2.45) is 0 Å². The Balaban J connectivity index is 2.12. The average Bonchev–Trinajstić information content (AvgIpc) is 2.50. The maximum atomic E-state index is 12.3. The Kier molecular flexibility index (Phi) is 5.29. The van der Waals surface area contributed by atoms with E-state index in [2.05, 4.69) is 27.5 Å². The van der Waals surface area contributed by atoms with Gasteiger partial charge in [0.15, 0.2) is 0 Å². The molecule has 3 N–H and O–H groups in total. The SMILES string of the molecule is O=C(NC1CCCNC1=O)c1ccncc1C#CCCO. The van der Waals surface area contributed by atoms with Gasteiger partial charge >= 0.3 is 0 Å². The number of nitrogens with zero attached hydrogens (tertiary/aromatic N) is 1. The third-order valence-corrected chi connectivity index (χ3v) is 3.12. The smallest absolute Gasteiger partial charge is 0.253 e. The molecule has 0 spiro atoms. The standard InChI is InChI=1S/C15H17N3O3/c19-9-2-1-4-11-10-16-8-6-12(11)14(20)18-13-5-3-7-17-15(13)21/h6,8,10,13,19H,2-3,5,7,9H2,(H,17,21)(H,18,20). The highest BCUT2D eigenvalue weighted by molar-refractivity contribution is 5.99. The molecule has 1 aromatic rings. The van der Waals surface area contributed by atoms with E-state index < -0.39 is 6.04 Å². The molecule has 1 aliphatic heterocycles. The van der Waals surface area contributed by atoms with E-state index in [9.17, 15) is 9.59 Å². The number of pyridine rings is 1. The van der Waals surface area contributed by atoms with Crippen LogP contribution in [0.5, 0.6) is 0 Å². The lowest BCUT2D eigenvalue weighted by atomic mass is 10.0. The first-order valence-corrected chi connectivity index (χ1v) is 6.84. The molecule has 21 heavy (non-hydrogen) atoms. The number of piperidine rings is 1. The van der Waals surface area contributed by atoms with E-state index in [-0.39, 0.29) is 18.4 Å². The molecule has 2 amide bonds. The number of rotatable bonds is 3. The summed E-state index contributed by atoms with van der Waals surface area (Å²) in [6.07, 6.45) is 4.82. The molecule has 6 nitrogen and oxygen atoms in total. The molecule has 0 radical (unpaired) electrons. The highest BCUT2D eigenvalue weighted by atomic mass is 16.2. The third kappa shape index (κ3) is 4.04. The van der Waals surface area contributed by atoms with Crippen molar-refractivity contribution in [1.29, 1.82) is 0 Å². The molecule has 110 valence electrons. The van der Waals surface area contributed by atoms with Gasteiger partial charge in [0.25, 0.3) is 5.91 Å². The van der Waals surface area contributed by atoms with Gasteiger partial charge in [0.2, 0.25) is 5.91 Å². The molecule has 0 aromatic carbocycles. The first-order valence-electron chi connectivity index (χ1n) is 6.84. The normalized spacial score (nSPS) is 17.4. The van der Waals surface area contributed by atoms with Crippen LogP contribution in [-0.4, -0.2) is 41.1 Å². The zero-order valence-corrected chi connectivity index (χ0v) is 11.6. The number of hydrogen-bond donors (Lipinski definition) is 3. The van der Waals surface area contributed by atoms with Crippen molar-refractivity contribution in [3.63, 3.8) is 0 Å². The predicted octanol–water partition coefficient (Wildman–Crippen LogP) is -0.176. The number of aromatic nitrogens is 1. The predicted molar refractivity (Wildman–Crippen MR) is 76.3 cm³/mol. The van der Waals surface area contributed by atoms with Crippen molar-refractivity contribution in [1.82, 2.24) is 15.6 Å². The Labute approximate surface area is 123 Å². The molecule has 1 aliphatic rings. The Hall–Kier alpha value is -2.39. The molecule has 0 aliphatic carbocycles. The Bertz CT molecular complexity index is 589. The number of nitrogens with one attached hydrogen (secondary N) is 2. The molecule has 1 aromatic heterocycles. The van der Waals surface area contributed by atoms with Crippen LogP contribution in [0.4, 0.5) is 0 Å². The van der Waals surface area contributed by atoms with Crippen LogP contribution >= 0.6 is 0 Å². The van der Waals surface area contributed by atoms with E-state index >= 15 is 0 Å². The first-order chi connectivity index (χ1) is 10.2. The molecule has 0 bridgehead atoms. The van der Waals surface area contributed by atoms with Gasteiger partial charge in [-0.25, -0.2) is 0 Å². The summed E-state index contributed by atoms with van der Waals surface area (Å²) in [5.41, 5.74) is 0.869. The fourth-order valence-corrected chi connectivity index (χ4v) is 2.05. The topological polar surface area (TPSA) is 91.3 Å². The maximum Gasteiger partial charge on any atom is 0.253 e. The number of aliphatic hydroxyl groups excluding tert-OH is 1. The first kappa shape index (κ1) is 15.0. The van der Waals surface area contributed by atoms with Crippen molar-refractivity contribution >= 4 is 11.8 Å². The van der Waals surface area contributed by atoms with Crippen LogP contribution in [0.25, 0.3) is 0 Å². The summed E-state index contributed by atoms with van der Waals surface area (Å²) < 4.78 is 0. The molecule has 1 fully saturated rings. The lowest BCUT2D eigenvalue weighted by Crippen LogP contribution is -2.50. The second kappa shape index (κ2) is 7.41. The minimum atomic E-state index is -0.502. The van der Waals surface area contributed by atoms with Gasteiger partial charge < -0.3 is 15.7 Å². The Morgan fingerprint density at radius 3 is 3.19 bits per heavy atom. The minimum absolute atomic E-state index is 0.0307. The number of carbonyl (C=O) groups excluding carboxylic acids is 2. The number of amides is 2. The van der Waals surface area contributed by atoms with E-state index in [4.69, 9.17) is 5.11 Å². The monoisotopic (exact) mass is 287 g/mol. The molecule has 2 rings (SSSR count). The molecule has 2 heterocycles. The quantitative estimate of drug-likeness (QED) is 0.673. The van der Waals surface area contributed by atoms with E-state index in [0.717, 1.165) is 6.42 Å². The summed E-state index contributed by atoms with van der Waals surface area (Å²) in [6, 6.07) is 1.07. The Morgan fingerprint density at radius 1 is 1.57 bits per heavy atom. The van der Waals surface area contributed by atoms with E-state index in [1.165, 1.54) is 12.4 Å². The second-order valence-corrected chi connectivity index (χ2v) is 4.66. The number of hydrogen-bond acceptors (Lipinski definition) is 4. The average molecular weight is 287 g/mol. The van der Waals surface area contributed by atoms with Crippen LogP contribution < -0.4 is 10.6 Å². The number of carbonyl (C=O) groups is 2. The number of aliphatic hydroxyl groups is 1. The van der Waals surface area contributed by atoms with Gasteiger partial charge in [0, 0.05) is 25.4 Å². The van der Waals surface area contributed by atoms with Crippen LogP contribution in [0.1, 0.15) is 35.2 Å². The van der Waals surface area contributed by atoms with Crippen LogP contribution in [0, 0.1) is 11.8 Å². The van der Waals surface area contributed by atoms with Crippen molar-refractivity contribution in [2.45, 2.75) is 25.3 Å². The van der Waals surface area contributed by atoms with Gasteiger partial charge in [0.1, 0.15) is 6.04 Å². The molecular formula is C15H17N3O3. The highest BCUT2D eigenvalue weighted by Crippen LogP contribution is 2.08. The fourth-order valence-electron chi connectivity index (χ4n) is 2.05.